The molecule has 2 aliphatic rings. The van der Waals surface area contributed by atoms with Gasteiger partial charge in [0.1, 0.15) is 0 Å². The molecule has 24 heavy (non-hydrogen) atoms. The second-order valence-corrected chi connectivity index (χ2v) is 9.59. The lowest BCUT2D eigenvalue weighted by molar-refractivity contribution is 0.270. The Morgan fingerprint density at radius 1 is 1.25 bits per heavy atom. The molecular weight excluding hydrogens is 320 g/mol. The van der Waals surface area contributed by atoms with Gasteiger partial charge in [-0.3, -0.25) is 4.98 Å². The Morgan fingerprint density at radius 3 is 2.88 bits per heavy atom. The lowest BCUT2D eigenvalue weighted by Gasteiger charge is -2.41. The topological polar surface area (TPSA) is 50.3 Å². The third-order valence-corrected chi connectivity index (χ3v) is 7.54. The molecule has 0 bridgehead atoms. The Hall–Kier alpha value is -1.62. The Balaban J connectivity index is 1.72. The van der Waals surface area contributed by atoms with Gasteiger partial charge in [0, 0.05) is 35.8 Å². The number of hydrogen-bond donors (Lipinski definition) is 0. The zero-order valence-corrected chi connectivity index (χ0v) is 15.0. The highest BCUT2D eigenvalue weighted by Gasteiger charge is 2.44. The minimum atomic E-state index is -2.85. The standard InChI is InChI=1S/C19H24N2O2S/c1-2-15-4-5-17-16(12-15)18(6-9-20-17)21-10-3-7-19(13-21)8-11-24(22,23)14-19/h4-6,9,12H,2-3,7-8,10-11,13-14H2,1H3. The minimum Gasteiger partial charge on any atom is -0.370 e. The number of hydrogen-bond acceptors (Lipinski definition) is 4. The average Bonchev–Trinajstić information content (AvgIpc) is 2.88. The normalized spacial score (nSPS) is 26.3. The fourth-order valence-corrected chi connectivity index (χ4v) is 6.59. The summed E-state index contributed by atoms with van der Waals surface area (Å²) in [6.07, 6.45) is 5.79. The molecule has 2 aromatic rings. The summed E-state index contributed by atoms with van der Waals surface area (Å²) in [5.74, 6) is 0.720. The maximum absolute atomic E-state index is 12.0. The smallest absolute Gasteiger partial charge is 0.150 e. The first-order valence-electron chi connectivity index (χ1n) is 8.83. The van der Waals surface area contributed by atoms with E-state index in [1.54, 1.807) is 0 Å². The largest absolute Gasteiger partial charge is 0.370 e. The van der Waals surface area contributed by atoms with E-state index < -0.39 is 9.84 Å². The van der Waals surface area contributed by atoms with E-state index in [4.69, 9.17) is 0 Å². The van der Waals surface area contributed by atoms with E-state index in [9.17, 15) is 8.42 Å². The van der Waals surface area contributed by atoms with Gasteiger partial charge in [-0.25, -0.2) is 8.42 Å². The molecule has 0 saturated carbocycles. The van der Waals surface area contributed by atoms with Crippen LogP contribution in [0.25, 0.3) is 10.9 Å². The van der Waals surface area contributed by atoms with E-state index in [0.717, 1.165) is 44.3 Å². The molecule has 2 aliphatic heterocycles. The summed E-state index contributed by atoms with van der Waals surface area (Å²) in [5.41, 5.74) is 3.49. The van der Waals surface area contributed by atoms with Crippen LogP contribution >= 0.6 is 0 Å². The Labute approximate surface area is 143 Å². The third kappa shape index (κ3) is 2.79. The van der Waals surface area contributed by atoms with Gasteiger partial charge in [0.25, 0.3) is 0 Å². The zero-order valence-electron chi connectivity index (χ0n) is 14.2. The van der Waals surface area contributed by atoms with Gasteiger partial charge in [-0.15, -0.1) is 0 Å². The molecule has 1 atom stereocenters. The second-order valence-electron chi connectivity index (χ2n) is 7.40. The van der Waals surface area contributed by atoms with E-state index in [1.807, 2.05) is 6.20 Å². The van der Waals surface area contributed by atoms with E-state index in [-0.39, 0.29) is 5.41 Å². The molecule has 1 aromatic heterocycles. The van der Waals surface area contributed by atoms with Crippen molar-refractivity contribution in [1.82, 2.24) is 4.98 Å². The van der Waals surface area contributed by atoms with Crippen LogP contribution in [0.5, 0.6) is 0 Å². The van der Waals surface area contributed by atoms with E-state index in [2.05, 4.69) is 41.1 Å². The number of nitrogens with zero attached hydrogens (tertiary/aromatic N) is 2. The molecule has 0 N–H and O–H groups in total. The Morgan fingerprint density at radius 2 is 2.12 bits per heavy atom. The molecule has 0 radical (unpaired) electrons. The number of sulfone groups is 1. The molecular formula is C19H24N2O2S. The fourth-order valence-electron chi connectivity index (χ4n) is 4.39. The van der Waals surface area contributed by atoms with E-state index >= 15 is 0 Å². The average molecular weight is 344 g/mol. The van der Waals surface area contributed by atoms with Crippen LogP contribution in [-0.2, 0) is 16.3 Å². The highest BCUT2D eigenvalue weighted by molar-refractivity contribution is 7.91. The lowest BCUT2D eigenvalue weighted by Crippen LogP contribution is -2.44. The molecule has 1 spiro atoms. The summed E-state index contributed by atoms with van der Waals surface area (Å²) in [5, 5.41) is 1.19. The molecule has 0 amide bonds. The van der Waals surface area contributed by atoms with Gasteiger partial charge in [-0.2, -0.15) is 0 Å². The molecule has 2 fully saturated rings. The van der Waals surface area contributed by atoms with E-state index in [1.165, 1.54) is 16.6 Å². The number of aromatic nitrogens is 1. The highest BCUT2D eigenvalue weighted by atomic mass is 32.2. The van der Waals surface area contributed by atoms with Gasteiger partial charge in [0.15, 0.2) is 9.84 Å². The summed E-state index contributed by atoms with van der Waals surface area (Å²) >= 11 is 0. The van der Waals surface area contributed by atoms with Gasteiger partial charge in [-0.05, 0) is 49.4 Å². The Kier molecular flexibility index (Phi) is 3.79. The van der Waals surface area contributed by atoms with Crippen LogP contribution in [-0.4, -0.2) is 38.0 Å². The molecule has 128 valence electrons. The fraction of sp³-hybridized carbons (Fsp3) is 0.526. The van der Waals surface area contributed by atoms with Crippen LogP contribution in [0.15, 0.2) is 30.5 Å². The van der Waals surface area contributed by atoms with Crippen LogP contribution in [0.1, 0.15) is 31.7 Å². The van der Waals surface area contributed by atoms with Gasteiger partial charge >= 0.3 is 0 Å². The number of fused-ring (bicyclic) bond motifs is 1. The summed E-state index contributed by atoms with van der Waals surface area (Å²) in [6, 6.07) is 8.56. The number of pyridine rings is 1. The summed E-state index contributed by atoms with van der Waals surface area (Å²) < 4.78 is 24.0. The summed E-state index contributed by atoms with van der Waals surface area (Å²) in [4.78, 5) is 6.90. The predicted octanol–water partition coefficient (Wildman–Crippen LogP) is 3.20. The molecule has 5 heteroatoms. The molecule has 4 nitrogen and oxygen atoms in total. The SMILES string of the molecule is CCc1ccc2nccc(N3CCCC4(CCS(=O)(=O)C4)C3)c2c1. The van der Waals surface area contributed by atoms with E-state index in [0.29, 0.717) is 11.5 Å². The highest BCUT2D eigenvalue weighted by Crippen LogP contribution is 2.42. The maximum atomic E-state index is 12.0. The van der Waals surface area contributed by atoms with Crippen molar-refractivity contribution in [3.8, 4) is 0 Å². The molecule has 3 heterocycles. The molecule has 2 saturated heterocycles. The molecule has 1 aromatic carbocycles. The molecule has 1 unspecified atom stereocenters. The third-order valence-electron chi connectivity index (χ3n) is 5.66. The second kappa shape index (κ2) is 5.73. The lowest BCUT2D eigenvalue weighted by atomic mass is 9.79. The number of piperidine rings is 1. The van der Waals surface area contributed by atoms with Crippen molar-refractivity contribution in [3.63, 3.8) is 0 Å². The minimum absolute atomic E-state index is 0.0466. The Bertz CT molecular complexity index is 878. The first-order chi connectivity index (χ1) is 11.5. The van der Waals surface area contributed by atoms with Crippen LogP contribution in [0.4, 0.5) is 5.69 Å². The zero-order chi connectivity index (χ0) is 16.8. The van der Waals surface area contributed by atoms with Gasteiger partial charge in [-0.1, -0.05) is 13.0 Å². The van der Waals surface area contributed by atoms with Crippen molar-refractivity contribution in [2.24, 2.45) is 5.41 Å². The van der Waals surface area contributed by atoms with Gasteiger partial charge in [0.05, 0.1) is 17.0 Å². The number of rotatable bonds is 2. The quantitative estimate of drug-likeness (QED) is 0.839. The van der Waals surface area contributed by atoms with Crippen molar-refractivity contribution in [3.05, 3.63) is 36.0 Å². The van der Waals surface area contributed by atoms with Crippen molar-refractivity contribution < 1.29 is 8.42 Å². The summed E-state index contributed by atoms with van der Waals surface area (Å²) in [7, 11) is -2.85. The molecule has 4 rings (SSSR count). The monoisotopic (exact) mass is 344 g/mol. The van der Waals surface area contributed by atoms with Crippen LogP contribution in [0.2, 0.25) is 0 Å². The van der Waals surface area contributed by atoms with Gasteiger partial charge in [0.2, 0.25) is 0 Å². The van der Waals surface area contributed by atoms with Crippen LogP contribution < -0.4 is 4.90 Å². The first-order valence-corrected chi connectivity index (χ1v) is 10.7. The first kappa shape index (κ1) is 15.9. The van der Waals surface area contributed by atoms with Crippen LogP contribution in [0, 0.1) is 5.41 Å². The molecule has 0 aliphatic carbocycles. The van der Waals surface area contributed by atoms with Crippen molar-refractivity contribution in [1.29, 1.82) is 0 Å². The maximum Gasteiger partial charge on any atom is 0.150 e. The van der Waals surface area contributed by atoms with Crippen molar-refractivity contribution >= 4 is 26.4 Å². The van der Waals surface area contributed by atoms with Gasteiger partial charge < -0.3 is 4.90 Å². The van der Waals surface area contributed by atoms with Crippen molar-refractivity contribution in [2.75, 3.05) is 29.5 Å². The predicted molar refractivity (Wildman–Crippen MR) is 98.3 cm³/mol. The van der Waals surface area contributed by atoms with Crippen molar-refractivity contribution in [2.45, 2.75) is 32.6 Å². The number of benzene rings is 1. The number of anilines is 1. The number of aryl methyl sites for hydroxylation is 1. The van der Waals surface area contributed by atoms with Crippen LogP contribution in [0.3, 0.4) is 0 Å². The summed E-state index contributed by atoms with van der Waals surface area (Å²) in [6.45, 7) is 4.01.